The summed E-state index contributed by atoms with van der Waals surface area (Å²) in [6.45, 7) is 6.94. The molecule has 0 radical (unpaired) electrons. The molecule has 0 amide bonds. The van der Waals surface area contributed by atoms with Gasteiger partial charge in [-0.05, 0) is 55.3 Å². The van der Waals surface area contributed by atoms with Gasteiger partial charge in [0.25, 0.3) is 0 Å². The normalized spacial score (nSPS) is 28.9. The summed E-state index contributed by atoms with van der Waals surface area (Å²) in [4.78, 5) is 0. The van der Waals surface area contributed by atoms with Gasteiger partial charge >= 0.3 is 0 Å². The van der Waals surface area contributed by atoms with E-state index in [4.69, 9.17) is 0 Å². The van der Waals surface area contributed by atoms with Crippen molar-refractivity contribution < 1.29 is 5.11 Å². The number of aliphatic hydroxyl groups is 1. The second-order valence-electron chi connectivity index (χ2n) is 9.75. The summed E-state index contributed by atoms with van der Waals surface area (Å²) < 4.78 is 0. The molecule has 24 heavy (non-hydrogen) atoms. The molecular formula is C23H44O. The minimum absolute atomic E-state index is 0.0427. The first-order valence-electron chi connectivity index (χ1n) is 11.2. The molecule has 142 valence electrons. The van der Waals surface area contributed by atoms with Gasteiger partial charge in [0.05, 0.1) is 6.10 Å². The van der Waals surface area contributed by atoms with E-state index in [0.29, 0.717) is 11.8 Å². The maximum atomic E-state index is 10.4. The number of rotatable bonds is 9. The fourth-order valence-corrected chi connectivity index (χ4v) is 5.40. The van der Waals surface area contributed by atoms with Crippen molar-refractivity contribution in [1.82, 2.24) is 0 Å². The molecule has 0 aromatic heterocycles. The second kappa shape index (κ2) is 10.8. The van der Waals surface area contributed by atoms with Gasteiger partial charge in [0.2, 0.25) is 0 Å². The lowest BCUT2D eigenvalue weighted by Crippen LogP contribution is -2.27. The number of aliphatic hydroxyl groups excluding tert-OH is 1. The van der Waals surface area contributed by atoms with Gasteiger partial charge in [0.15, 0.2) is 0 Å². The third-order valence-corrected chi connectivity index (χ3v) is 6.92. The summed E-state index contributed by atoms with van der Waals surface area (Å²) in [5.41, 5.74) is 0. The Hall–Kier alpha value is -0.0400. The van der Waals surface area contributed by atoms with Crippen LogP contribution in [0.3, 0.4) is 0 Å². The first-order chi connectivity index (χ1) is 11.5. The fraction of sp³-hybridized carbons (Fsp3) is 1.00. The molecule has 2 fully saturated rings. The van der Waals surface area contributed by atoms with E-state index in [1.165, 1.54) is 83.5 Å². The predicted molar refractivity (Wildman–Crippen MR) is 105 cm³/mol. The Morgan fingerprint density at radius 1 is 0.833 bits per heavy atom. The molecule has 0 spiro atoms. The minimum atomic E-state index is -0.0427. The molecular weight excluding hydrogens is 292 g/mol. The van der Waals surface area contributed by atoms with E-state index in [-0.39, 0.29) is 6.10 Å². The van der Waals surface area contributed by atoms with Crippen molar-refractivity contribution in [3.8, 4) is 0 Å². The molecule has 2 unspecified atom stereocenters. The van der Waals surface area contributed by atoms with Crippen LogP contribution in [0.5, 0.6) is 0 Å². The highest BCUT2D eigenvalue weighted by Gasteiger charge is 2.27. The van der Waals surface area contributed by atoms with Gasteiger partial charge in [0.1, 0.15) is 0 Å². The zero-order valence-corrected chi connectivity index (χ0v) is 16.8. The Bertz CT molecular complexity index is 310. The Kier molecular flexibility index (Phi) is 9.16. The monoisotopic (exact) mass is 336 g/mol. The Balaban J connectivity index is 1.55. The highest BCUT2D eigenvalue weighted by atomic mass is 16.3. The van der Waals surface area contributed by atoms with Gasteiger partial charge in [-0.15, -0.1) is 0 Å². The lowest BCUT2D eigenvalue weighted by Gasteiger charge is -2.33. The highest BCUT2D eigenvalue weighted by Crippen LogP contribution is 2.36. The smallest absolute Gasteiger partial charge is 0.0570 e. The van der Waals surface area contributed by atoms with Crippen LogP contribution in [-0.2, 0) is 0 Å². The fourth-order valence-electron chi connectivity index (χ4n) is 5.40. The number of hydrogen-bond acceptors (Lipinski definition) is 1. The molecule has 0 bridgehead atoms. The largest absolute Gasteiger partial charge is 0.393 e. The van der Waals surface area contributed by atoms with E-state index < -0.39 is 0 Å². The molecule has 0 heterocycles. The lowest BCUT2D eigenvalue weighted by molar-refractivity contribution is 0.0543. The van der Waals surface area contributed by atoms with Gasteiger partial charge < -0.3 is 5.11 Å². The molecule has 2 aliphatic carbocycles. The second-order valence-corrected chi connectivity index (χ2v) is 9.75. The molecule has 2 rings (SSSR count). The van der Waals surface area contributed by atoms with Crippen LogP contribution in [0.15, 0.2) is 0 Å². The molecule has 2 atom stereocenters. The molecule has 0 saturated heterocycles. The van der Waals surface area contributed by atoms with Gasteiger partial charge in [-0.3, -0.25) is 0 Å². The molecule has 1 nitrogen and oxygen atoms in total. The van der Waals surface area contributed by atoms with Crippen LogP contribution in [0, 0.1) is 29.6 Å². The van der Waals surface area contributed by atoms with Gasteiger partial charge in [-0.1, -0.05) is 85.0 Å². The maximum Gasteiger partial charge on any atom is 0.0570 e. The lowest BCUT2D eigenvalue weighted by atomic mass is 9.74. The topological polar surface area (TPSA) is 20.2 Å². The van der Waals surface area contributed by atoms with Crippen molar-refractivity contribution >= 4 is 0 Å². The van der Waals surface area contributed by atoms with E-state index >= 15 is 0 Å². The zero-order chi connectivity index (χ0) is 17.4. The van der Waals surface area contributed by atoms with Crippen LogP contribution in [0.1, 0.15) is 111 Å². The molecule has 1 heteroatoms. The summed E-state index contributed by atoms with van der Waals surface area (Å²) in [6, 6.07) is 0. The summed E-state index contributed by atoms with van der Waals surface area (Å²) in [5, 5.41) is 10.4. The van der Waals surface area contributed by atoms with Crippen LogP contribution in [0.25, 0.3) is 0 Å². The highest BCUT2D eigenvalue weighted by molar-refractivity contribution is 4.79. The predicted octanol–water partition coefficient (Wildman–Crippen LogP) is 6.98. The van der Waals surface area contributed by atoms with E-state index in [2.05, 4.69) is 20.8 Å². The van der Waals surface area contributed by atoms with Gasteiger partial charge in [-0.2, -0.15) is 0 Å². The van der Waals surface area contributed by atoms with Crippen LogP contribution in [0.2, 0.25) is 0 Å². The van der Waals surface area contributed by atoms with Crippen LogP contribution >= 0.6 is 0 Å². The summed E-state index contributed by atoms with van der Waals surface area (Å²) in [7, 11) is 0. The third-order valence-electron chi connectivity index (χ3n) is 6.92. The molecule has 1 N–H and O–H groups in total. The average molecular weight is 337 g/mol. The SMILES string of the molecule is CC(C)CC(O)C1CCC(CC(C)CCCC2CCCCC2)CC1. The number of hydrogen-bond donors (Lipinski definition) is 1. The van der Waals surface area contributed by atoms with E-state index in [1.54, 1.807) is 0 Å². The first-order valence-corrected chi connectivity index (χ1v) is 11.2. The molecule has 2 saturated carbocycles. The molecule has 0 aromatic rings. The van der Waals surface area contributed by atoms with Crippen LogP contribution in [0.4, 0.5) is 0 Å². The van der Waals surface area contributed by atoms with Crippen LogP contribution < -0.4 is 0 Å². The van der Waals surface area contributed by atoms with Crippen molar-refractivity contribution in [3.63, 3.8) is 0 Å². The molecule has 0 aliphatic heterocycles. The standard InChI is InChI=1S/C23H44O/c1-18(2)16-23(24)22-14-12-21(13-15-22)17-19(3)8-7-11-20-9-5-4-6-10-20/h18-24H,4-17H2,1-3H3. The summed E-state index contributed by atoms with van der Waals surface area (Å²) in [5.74, 6) is 4.13. The van der Waals surface area contributed by atoms with Gasteiger partial charge in [-0.25, -0.2) is 0 Å². The zero-order valence-electron chi connectivity index (χ0n) is 16.8. The molecule has 2 aliphatic rings. The van der Waals surface area contributed by atoms with Crippen LogP contribution in [-0.4, -0.2) is 11.2 Å². The van der Waals surface area contributed by atoms with Crippen molar-refractivity contribution in [2.75, 3.05) is 0 Å². The summed E-state index contributed by atoms with van der Waals surface area (Å²) in [6.07, 6.45) is 19.6. The van der Waals surface area contributed by atoms with Crippen molar-refractivity contribution in [3.05, 3.63) is 0 Å². The van der Waals surface area contributed by atoms with Crippen molar-refractivity contribution in [2.24, 2.45) is 29.6 Å². The maximum absolute atomic E-state index is 10.4. The summed E-state index contributed by atoms with van der Waals surface area (Å²) >= 11 is 0. The Morgan fingerprint density at radius 2 is 1.50 bits per heavy atom. The van der Waals surface area contributed by atoms with E-state index in [9.17, 15) is 5.11 Å². The quantitative estimate of drug-likeness (QED) is 0.481. The van der Waals surface area contributed by atoms with E-state index in [0.717, 1.165) is 24.2 Å². The van der Waals surface area contributed by atoms with E-state index in [1.807, 2.05) is 0 Å². The average Bonchev–Trinajstić information content (AvgIpc) is 2.56. The third kappa shape index (κ3) is 7.46. The Labute approximate surface area is 152 Å². The van der Waals surface area contributed by atoms with Gasteiger partial charge in [0, 0.05) is 0 Å². The van der Waals surface area contributed by atoms with Crippen molar-refractivity contribution in [2.45, 2.75) is 117 Å². The first kappa shape index (κ1) is 20.3. The minimum Gasteiger partial charge on any atom is -0.393 e. The Morgan fingerprint density at radius 3 is 2.12 bits per heavy atom. The molecule has 0 aromatic carbocycles. The van der Waals surface area contributed by atoms with Crippen molar-refractivity contribution in [1.29, 1.82) is 0 Å².